The van der Waals surface area contributed by atoms with Crippen LogP contribution in [0.3, 0.4) is 0 Å². The van der Waals surface area contributed by atoms with Gasteiger partial charge in [-0.3, -0.25) is 4.79 Å². The normalized spacial score (nSPS) is 11.2. The van der Waals surface area contributed by atoms with Crippen LogP contribution in [0.5, 0.6) is 5.75 Å². The van der Waals surface area contributed by atoms with E-state index in [9.17, 15) is 13.2 Å². The molecule has 0 aromatic heterocycles. The largest absolute Gasteiger partial charge is 0.495 e. The number of hydrogen-bond acceptors (Lipinski definition) is 4. The maximum absolute atomic E-state index is 12.4. The minimum atomic E-state index is -3.76. The molecule has 0 atom stereocenters. The van der Waals surface area contributed by atoms with E-state index in [1.54, 1.807) is 18.2 Å². The van der Waals surface area contributed by atoms with E-state index in [0.29, 0.717) is 10.7 Å². The summed E-state index contributed by atoms with van der Waals surface area (Å²) in [4.78, 5) is 12.3. The molecule has 0 saturated carbocycles. The number of amides is 1. The first-order valence-corrected chi connectivity index (χ1v) is 8.83. The van der Waals surface area contributed by atoms with E-state index in [-0.39, 0.29) is 16.2 Å². The third kappa shape index (κ3) is 3.87. The average Bonchev–Trinajstić information content (AvgIpc) is 2.57. The van der Waals surface area contributed by atoms with Gasteiger partial charge in [-0.1, -0.05) is 17.7 Å². The standard InChI is InChI=1S/C16H17ClN2O4S/c1-10-4-6-12(17)9-13(10)19-16(20)11-5-7-14(23-3)15(8-11)24(21,22)18-2/h4-9,18H,1-3H3,(H,19,20). The zero-order valence-corrected chi connectivity index (χ0v) is 15.0. The van der Waals surface area contributed by atoms with Crippen molar-refractivity contribution in [3.8, 4) is 5.75 Å². The number of nitrogens with one attached hydrogen (secondary N) is 2. The number of carbonyl (C=O) groups is 1. The van der Waals surface area contributed by atoms with Crippen LogP contribution in [0.25, 0.3) is 0 Å². The van der Waals surface area contributed by atoms with E-state index in [1.807, 2.05) is 6.92 Å². The van der Waals surface area contributed by atoms with Crippen LogP contribution in [0.4, 0.5) is 5.69 Å². The second-order valence-corrected chi connectivity index (χ2v) is 7.28. The number of sulfonamides is 1. The van der Waals surface area contributed by atoms with Crippen molar-refractivity contribution in [1.82, 2.24) is 4.72 Å². The summed E-state index contributed by atoms with van der Waals surface area (Å²) in [6.07, 6.45) is 0. The van der Waals surface area contributed by atoms with Crippen LogP contribution in [0, 0.1) is 6.92 Å². The number of carbonyl (C=O) groups excluding carboxylic acids is 1. The second kappa shape index (κ2) is 7.21. The lowest BCUT2D eigenvalue weighted by atomic mass is 10.1. The Morgan fingerprint density at radius 1 is 1.17 bits per heavy atom. The van der Waals surface area contributed by atoms with E-state index >= 15 is 0 Å². The molecule has 0 bridgehead atoms. The van der Waals surface area contributed by atoms with Crippen molar-refractivity contribution in [2.75, 3.05) is 19.5 Å². The second-order valence-electron chi connectivity index (χ2n) is 4.99. The molecule has 2 aromatic carbocycles. The van der Waals surface area contributed by atoms with Crippen LogP contribution < -0.4 is 14.8 Å². The zero-order chi connectivity index (χ0) is 17.9. The summed E-state index contributed by atoms with van der Waals surface area (Å²) < 4.78 is 31.4. The van der Waals surface area contributed by atoms with Gasteiger partial charge in [0.05, 0.1) is 7.11 Å². The highest BCUT2D eigenvalue weighted by atomic mass is 35.5. The van der Waals surface area contributed by atoms with Gasteiger partial charge in [0.1, 0.15) is 10.6 Å². The summed E-state index contributed by atoms with van der Waals surface area (Å²) in [5.74, 6) is -0.296. The number of halogens is 1. The first kappa shape index (κ1) is 18.3. The summed E-state index contributed by atoms with van der Waals surface area (Å²) in [7, 11) is -1.11. The van der Waals surface area contributed by atoms with E-state index < -0.39 is 15.9 Å². The number of benzene rings is 2. The third-order valence-electron chi connectivity index (χ3n) is 3.43. The molecule has 8 heteroatoms. The van der Waals surface area contributed by atoms with E-state index in [0.717, 1.165) is 5.56 Å². The van der Waals surface area contributed by atoms with Gasteiger partial charge in [-0.2, -0.15) is 0 Å². The Hall–Kier alpha value is -2.09. The topological polar surface area (TPSA) is 84.5 Å². The smallest absolute Gasteiger partial charge is 0.255 e. The van der Waals surface area contributed by atoms with Crippen LogP contribution in [0.15, 0.2) is 41.3 Å². The molecule has 0 unspecified atom stereocenters. The van der Waals surface area contributed by atoms with Gasteiger partial charge >= 0.3 is 0 Å². The molecule has 2 aromatic rings. The number of anilines is 1. The summed E-state index contributed by atoms with van der Waals surface area (Å²) in [6.45, 7) is 1.83. The molecule has 2 rings (SSSR count). The molecule has 0 radical (unpaired) electrons. The minimum absolute atomic E-state index is 0.108. The predicted octanol–water partition coefficient (Wildman–Crippen LogP) is 2.82. The molecule has 0 saturated heterocycles. The quantitative estimate of drug-likeness (QED) is 0.849. The number of methoxy groups -OCH3 is 1. The van der Waals surface area contributed by atoms with Crippen molar-refractivity contribution in [3.63, 3.8) is 0 Å². The third-order valence-corrected chi connectivity index (χ3v) is 5.10. The number of hydrogen-bond donors (Lipinski definition) is 2. The van der Waals surface area contributed by atoms with Crippen molar-refractivity contribution < 1.29 is 17.9 Å². The van der Waals surface area contributed by atoms with Crippen LogP contribution in [0.2, 0.25) is 5.02 Å². The summed E-state index contributed by atoms with van der Waals surface area (Å²) in [5.41, 5.74) is 1.58. The van der Waals surface area contributed by atoms with Crippen molar-refractivity contribution in [2.24, 2.45) is 0 Å². The lowest BCUT2D eigenvalue weighted by Gasteiger charge is -2.12. The van der Waals surface area contributed by atoms with Gasteiger partial charge in [0.2, 0.25) is 10.0 Å². The van der Waals surface area contributed by atoms with E-state index in [4.69, 9.17) is 16.3 Å². The summed E-state index contributed by atoms with van der Waals surface area (Å²) in [5, 5.41) is 3.21. The monoisotopic (exact) mass is 368 g/mol. The molecule has 0 aliphatic rings. The first-order chi connectivity index (χ1) is 11.3. The van der Waals surface area contributed by atoms with Crippen LogP contribution in [0.1, 0.15) is 15.9 Å². The Labute approximate surface area is 145 Å². The zero-order valence-electron chi connectivity index (χ0n) is 13.4. The van der Waals surface area contributed by atoms with Crippen LogP contribution in [-0.2, 0) is 10.0 Å². The molecule has 0 aliphatic heterocycles. The van der Waals surface area contributed by atoms with Crippen molar-refractivity contribution in [1.29, 1.82) is 0 Å². The Morgan fingerprint density at radius 3 is 2.50 bits per heavy atom. The SMILES string of the molecule is CNS(=O)(=O)c1cc(C(=O)Nc2cc(Cl)ccc2C)ccc1OC. The average molecular weight is 369 g/mol. The Morgan fingerprint density at radius 2 is 1.88 bits per heavy atom. The molecule has 0 aliphatic carbocycles. The highest BCUT2D eigenvalue weighted by molar-refractivity contribution is 7.89. The molecule has 2 N–H and O–H groups in total. The molecule has 24 heavy (non-hydrogen) atoms. The number of rotatable bonds is 5. The van der Waals surface area contributed by atoms with Crippen molar-refractivity contribution in [2.45, 2.75) is 11.8 Å². The van der Waals surface area contributed by atoms with Crippen LogP contribution in [-0.4, -0.2) is 28.5 Å². The van der Waals surface area contributed by atoms with Gasteiger partial charge in [0.25, 0.3) is 5.91 Å². The molecular weight excluding hydrogens is 352 g/mol. The van der Waals surface area contributed by atoms with Gasteiger partial charge in [0, 0.05) is 16.3 Å². The Bertz CT molecular complexity index is 882. The molecule has 0 fully saturated rings. The van der Waals surface area contributed by atoms with Crippen molar-refractivity contribution in [3.05, 3.63) is 52.5 Å². The number of ether oxygens (including phenoxy) is 1. The summed E-state index contributed by atoms with van der Waals surface area (Å²) in [6, 6.07) is 9.32. The van der Waals surface area contributed by atoms with Crippen LogP contribution >= 0.6 is 11.6 Å². The summed E-state index contributed by atoms with van der Waals surface area (Å²) >= 11 is 5.93. The fourth-order valence-corrected chi connectivity index (χ4v) is 3.15. The molecule has 0 spiro atoms. The van der Waals surface area contributed by atoms with E-state index in [1.165, 1.54) is 32.4 Å². The molecule has 128 valence electrons. The maximum atomic E-state index is 12.4. The molecule has 1 amide bonds. The van der Waals surface area contributed by atoms with Gasteiger partial charge < -0.3 is 10.1 Å². The fraction of sp³-hybridized carbons (Fsp3) is 0.188. The highest BCUT2D eigenvalue weighted by Crippen LogP contribution is 2.26. The highest BCUT2D eigenvalue weighted by Gasteiger charge is 2.20. The fourth-order valence-electron chi connectivity index (χ4n) is 2.06. The first-order valence-electron chi connectivity index (χ1n) is 6.97. The van der Waals surface area contributed by atoms with Gasteiger partial charge in [-0.15, -0.1) is 0 Å². The maximum Gasteiger partial charge on any atom is 0.255 e. The Kier molecular flexibility index (Phi) is 5.48. The minimum Gasteiger partial charge on any atom is -0.495 e. The van der Waals surface area contributed by atoms with E-state index in [2.05, 4.69) is 10.0 Å². The molecule has 0 heterocycles. The van der Waals surface area contributed by atoms with Gasteiger partial charge in [-0.05, 0) is 49.9 Å². The van der Waals surface area contributed by atoms with Crippen molar-refractivity contribution >= 4 is 33.2 Å². The lowest BCUT2D eigenvalue weighted by molar-refractivity contribution is 0.102. The lowest BCUT2D eigenvalue weighted by Crippen LogP contribution is -2.20. The molecular formula is C16H17ClN2O4S. The van der Waals surface area contributed by atoms with Gasteiger partial charge in [-0.25, -0.2) is 13.1 Å². The Balaban J connectivity index is 2.40. The number of aryl methyl sites for hydroxylation is 1. The predicted molar refractivity (Wildman–Crippen MR) is 93.4 cm³/mol. The van der Waals surface area contributed by atoms with Gasteiger partial charge in [0.15, 0.2) is 0 Å². The molecule has 6 nitrogen and oxygen atoms in total.